The van der Waals surface area contributed by atoms with Crippen LogP contribution in [0.2, 0.25) is 0 Å². The maximum Gasteiger partial charge on any atom is 0.269 e. The van der Waals surface area contributed by atoms with Gasteiger partial charge in [-0.25, -0.2) is 0 Å². The number of amides is 1. The van der Waals surface area contributed by atoms with Crippen LogP contribution in [0.3, 0.4) is 0 Å². The molecule has 0 saturated carbocycles. The molecule has 7 nitrogen and oxygen atoms in total. The number of hydrogen-bond acceptors (Lipinski definition) is 6. The van der Waals surface area contributed by atoms with Crippen LogP contribution in [0.25, 0.3) is 0 Å². The van der Waals surface area contributed by atoms with Crippen molar-refractivity contribution in [3.63, 3.8) is 0 Å². The molecule has 0 spiro atoms. The number of anilines is 1. The normalized spacial score (nSPS) is 11.2. The van der Waals surface area contributed by atoms with Gasteiger partial charge >= 0.3 is 0 Å². The maximum atomic E-state index is 11.8. The summed E-state index contributed by atoms with van der Waals surface area (Å²) in [6, 6.07) is 6.74. The lowest BCUT2D eigenvalue weighted by Crippen LogP contribution is -2.18. The van der Waals surface area contributed by atoms with Crippen LogP contribution in [-0.4, -0.2) is 26.5 Å². The van der Waals surface area contributed by atoms with Gasteiger partial charge < -0.3 is 16.3 Å². The van der Waals surface area contributed by atoms with E-state index in [1.54, 1.807) is 24.3 Å². The Morgan fingerprint density at radius 3 is 2.89 bits per heavy atom. The van der Waals surface area contributed by atoms with Crippen LogP contribution in [0, 0.1) is 0 Å². The highest BCUT2D eigenvalue weighted by molar-refractivity contribution is 7.07. The van der Waals surface area contributed by atoms with E-state index in [4.69, 9.17) is 10.9 Å². The molecule has 0 radical (unpaired) electrons. The molecule has 0 atom stereocenters. The number of hydrogen-bond donors (Lipinski definition) is 3. The molecule has 0 saturated heterocycles. The number of nitrogens with one attached hydrogen (secondary N) is 1. The second kappa shape index (κ2) is 5.23. The first-order valence-corrected chi connectivity index (χ1v) is 5.65. The average molecular weight is 263 g/mol. The van der Waals surface area contributed by atoms with E-state index in [9.17, 15) is 4.79 Å². The molecular formula is C10H9N5O2S. The van der Waals surface area contributed by atoms with Crippen molar-refractivity contribution >= 4 is 29.0 Å². The first-order valence-electron chi connectivity index (χ1n) is 4.88. The zero-order valence-electron chi connectivity index (χ0n) is 9.07. The Morgan fingerprint density at radius 2 is 2.22 bits per heavy atom. The minimum atomic E-state index is -0.344. The van der Waals surface area contributed by atoms with E-state index >= 15 is 0 Å². The van der Waals surface area contributed by atoms with Crippen molar-refractivity contribution < 1.29 is 10.0 Å². The number of para-hydroxylation sites is 1. The van der Waals surface area contributed by atoms with E-state index < -0.39 is 0 Å². The lowest BCUT2D eigenvalue weighted by atomic mass is 10.1. The predicted octanol–water partition coefficient (Wildman–Crippen LogP) is 0.885. The molecule has 1 aromatic heterocycles. The van der Waals surface area contributed by atoms with Gasteiger partial charge in [-0.05, 0) is 23.7 Å². The largest absolute Gasteiger partial charge is 0.409 e. The Bertz CT molecular complexity index is 582. The van der Waals surface area contributed by atoms with Crippen LogP contribution in [0.15, 0.2) is 35.6 Å². The quantitative estimate of drug-likeness (QED) is 0.329. The molecule has 1 amide bonds. The molecule has 0 aliphatic carbocycles. The molecule has 0 fully saturated rings. The summed E-state index contributed by atoms with van der Waals surface area (Å²) in [7, 11) is 0. The van der Waals surface area contributed by atoms with Gasteiger partial charge in [-0.15, -0.1) is 5.10 Å². The van der Waals surface area contributed by atoms with Crippen molar-refractivity contribution in [1.82, 2.24) is 9.59 Å². The number of carbonyl (C=O) groups is 1. The standard InChI is InChI=1S/C10H9N5O2S/c11-9(14-17)6-3-1-2-4-7(6)13-10(16)8-5-12-15-18-8/h1-5,17H,(H2,11,14)(H,13,16). The summed E-state index contributed by atoms with van der Waals surface area (Å²) in [5, 5.41) is 17.8. The van der Waals surface area contributed by atoms with Gasteiger partial charge in [-0.3, -0.25) is 4.79 Å². The molecule has 0 aliphatic rings. The van der Waals surface area contributed by atoms with E-state index in [0.29, 0.717) is 16.1 Å². The molecule has 0 unspecified atom stereocenters. The molecule has 18 heavy (non-hydrogen) atoms. The van der Waals surface area contributed by atoms with E-state index in [1.807, 2.05) is 0 Å². The Labute approximate surface area is 106 Å². The fraction of sp³-hybridized carbons (Fsp3) is 0. The minimum absolute atomic E-state index is 0.0756. The number of carbonyl (C=O) groups excluding carboxylic acids is 1. The molecule has 0 bridgehead atoms. The Hall–Kier alpha value is -2.48. The number of nitrogens with zero attached hydrogens (tertiary/aromatic N) is 3. The third-order valence-electron chi connectivity index (χ3n) is 2.14. The van der Waals surface area contributed by atoms with Crippen LogP contribution in [0.4, 0.5) is 5.69 Å². The molecule has 2 rings (SSSR count). The van der Waals surface area contributed by atoms with Crippen LogP contribution in [0.5, 0.6) is 0 Å². The highest BCUT2D eigenvalue weighted by Gasteiger charge is 2.12. The van der Waals surface area contributed by atoms with Gasteiger partial charge in [0.05, 0.1) is 11.9 Å². The second-order valence-electron chi connectivity index (χ2n) is 3.27. The molecule has 1 heterocycles. The first kappa shape index (κ1) is 12.0. The molecule has 4 N–H and O–H groups in total. The van der Waals surface area contributed by atoms with Crippen LogP contribution >= 0.6 is 11.5 Å². The summed E-state index contributed by atoms with van der Waals surface area (Å²) in [5.41, 5.74) is 6.40. The predicted molar refractivity (Wildman–Crippen MR) is 66.8 cm³/mol. The van der Waals surface area contributed by atoms with Crippen LogP contribution < -0.4 is 11.1 Å². The summed E-state index contributed by atoms with van der Waals surface area (Å²) in [6.45, 7) is 0. The zero-order chi connectivity index (χ0) is 13.0. The summed E-state index contributed by atoms with van der Waals surface area (Å²) in [5.74, 6) is -0.420. The number of benzene rings is 1. The van der Waals surface area contributed by atoms with Gasteiger partial charge in [0.1, 0.15) is 4.88 Å². The molecule has 0 aliphatic heterocycles. The van der Waals surface area contributed by atoms with E-state index in [1.165, 1.54) is 6.20 Å². The summed E-state index contributed by atoms with van der Waals surface area (Å²) in [6.07, 6.45) is 1.37. The third-order valence-corrected chi connectivity index (χ3v) is 2.81. The fourth-order valence-electron chi connectivity index (χ4n) is 1.32. The SMILES string of the molecule is NC(=NO)c1ccccc1NC(=O)c1cnns1. The average Bonchev–Trinajstić information content (AvgIpc) is 2.92. The topological polar surface area (TPSA) is 113 Å². The molecule has 92 valence electrons. The van der Waals surface area contributed by atoms with E-state index in [2.05, 4.69) is 20.1 Å². The highest BCUT2D eigenvalue weighted by atomic mass is 32.1. The Balaban J connectivity index is 2.27. The van der Waals surface area contributed by atoms with Gasteiger partial charge in [0.25, 0.3) is 5.91 Å². The number of rotatable bonds is 3. The van der Waals surface area contributed by atoms with Crippen LogP contribution in [0.1, 0.15) is 15.2 Å². The van der Waals surface area contributed by atoms with E-state index in [-0.39, 0.29) is 11.7 Å². The van der Waals surface area contributed by atoms with Gasteiger partial charge in [0.15, 0.2) is 5.84 Å². The number of nitrogens with two attached hydrogens (primary N) is 1. The van der Waals surface area contributed by atoms with Crippen molar-refractivity contribution in [3.05, 3.63) is 40.9 Å². The third kappa shape index (κ3) is 2.43. The highest BCUT2D eigenvalue weighted by Crippen LogP contribution is 2.16. The summed E-state index contributed by atoms with van der Waals surface area (Å²) in [4.78, 5) is 12.2. The summed E-state index contributed by atoms with van der Waals surface area (Å²) >= 11 is 0.986. The molecular weight excluding hydrogens is 254 g/mol. The fourth-order valence-corrected chi connectivity index (χ4v) is 1.73. The van der Waals surface area contributed by atoms with Gasteiger partial charge in [-0.1, -0.05) is 21.8 Å². The van der Waals surface area contributed by atoms with Crippen LogP contribution in [-0.2, 0) is 0 Å². The Morgan fingerprint density at radius 1 is 1.44 bits per heavy atom. The van der Waals surface area contributed by atoms with Crippen molar-refractivity contribution in [2.75, 3.05) is 5.32 Å². The lowest BCUT2D eigenvalue weighted by Gasteiger charge is -2.08. The maximum absolute atomic E-state index is 11.8. The molecule has 1 aromatic carbocycles. The smallest absolute Gasteiger partial charge is 0.269 e. The van der Waals surface area contributed by atoms with Crippen molar-refractivity contribution in [1.29, 1.82) is 0 Å². The Kier molecular flexibility index (Phi) is 3.49. The zero-order valence-corrected chi connectivity index (χ0v) is 9.89. The van der Waals surface area contributed by atoms with Crippen molar-refractivity contribution in [2.24, 2.45) is 10.9 Å². The van der Waals surface area contributed by atoms with Crippen molar-refractivity contribution in [3.8, 4) is 0 Å². The van der Waals surface area contributed by atoms with E-state index in [0.717, 1.165) is 11.5 Å². The van der Waals surface area contributed by atoms with Crippen molar-refractivity contribution in [2.45, 2.75) is 0 Å². The number of aromatic nitrogens is 2. The number of amidine groups is 1. The summed E-state index contributed by atoms with van der Waals surface area (Å²) < 4.78 is 3.60. The molecule has 2 aromatic rings. The number of oxime groups is 1. The monoisotopic (exact) mass is 263 g/mol. The lowest BCUT2D eigenvalue weighted by molar-refractivity contribution is 0.103. The van der Waals surface area contributed by atoms with Gasteiger partial charge in [-0.2, -0.15) is 0 Å². The van der Waals surface area contributed by atoms with Gasteiger partial charge in [0.2, 0.25) is 0 Å². The second-order valence-corrected chi connectivity index (χ2v) is 4.05. The first-order chi connectivity index (χ1) is 8.72. The minimum Gasteiger partial charge on any atom is -0.409 e. The van der Waals surface area contributed by atoms with Gasteiger partial charge in [0, 0.05) is 5.56 Å². The molecule has 8 heteroatoms.